The van der Waals surface area contributed by atoms with Crippen LogP contribution >= 0.6 is 0 Å². The van der Waals surface area contributed by atoms with E-state index in [0.717, 1.165) is 12.8 Å². The second kappa shape index (κ2) is 5.44. The Morgan fingerprint density at radius 3 is 2.60 bits per heavy atom. The summed E-state index contributed by atoms with van der Waals surface area (Å²) in [6.45, 7) is 0. The molecule has 0 amide bonds. The summed E-state index contributed by atoms with van der Waals surface area (Å²) in [5, 5.41) is 9.68. The van der Waals surface area contributed by atoms with Gasteiger partial charge in [-0.3, -0.25) is 4.79 Å². The molecule has 2 bridgehead atoms. The summed E-state index contributed by atoms with van der Waals surface area (Å²) in [6, 6.07) is 8.05. The van der Waals surface area contributed by atoms with Crippen molar-refractivity contribution >= 4 is 5.97 Å². The van der Waals surface area contributed by atoms with E-state index in [-0.39, 0.29) is 24.2 Å². The van der Waals surface area contributed by atoms with Crippen LogP contribution in [0.2, 0.25) is 0 Å². The lowest BCUT2D eigenvalue weighted by Gasteiger charge is -2.35. The molecule has 108 valence electrons. The quantitative estimate of drug-likeness (QED) is 0.858. The number of carbonyl (C=O) groups excluding carboxylic acids is 1. The first-order valence-electron chi connectivity index (χ1n) is 7.32. The molecule has 20 heavy (non-hydrogen) atoms. The van der Waals surface area contributed by atoms with E-state index in [2.05, 4.69) is 11.9 Å². The molecule has 2 atom stereocenters. The first kappa shape index (κ1) is 13.4. The predicted molar refractivity (Wildman–Crippen MR) is 75.5 cm³/mol. The fraction of sp³-hybridized carbons (Fsp3) is 0.562. The van der Waals surface area contributed by atoms with Crippen molar-refractivity contribution in [2.45, 2.75) is 50.3 Å². The number of ether oxygens (including phenoxy) is 1. The van der Waals surface area contributed by atoms with Gasteiger partial charge in [-0.25, -0.2) is 0 Å². The van der Waals surface area contributed by atoms with Crippen LogP contribution in [-0.4, -0.2) is 41.2 Å². The van der Waals surface area contributed by atoms with Gasteiger partial charge in [0.05, 0.1) is 6.42 Å². The smallest absolute Gasteiger partial charge is 0.310 e. The maximum Gasteiger partial charge on any atom is 0.310 e. The highest BCUT2D eigenvalue weighted by atomic mass is 16.5. The standard InChI is InChI=1S/C16H21NO3/c1-17-12-6-7-13(17)10-14(9-12)20-16(19)8-11-4-2-3-5-15(11)18/h2-5,12-14,18H,6-10H2,1H3. The molecule has 2 fully saturated rings. The van der Waals surface area contributed by atoms with Gasteiger partial charge in [-0.2, -0.15) is 0 Å². The zero-order valence-electron chi connectivity index (χ0n) is 11.8. The topological polar surface area (TPSA) is 49.8 Å². The third-order valence-electron chi connectivity index (χ3n) is 4.68. The Morgan fingerprint density at radius 2 is 1.95 bits per heavy atom. The van der Waals surface area contributed by atoms with Crippen LogP contribution in [0.1, 0.15) is 31.2 Å². The van der Waals surface area contributed by atoms with Gasteiger partial charge in [0, 0.05) is 17.6 Å². The molecule has 2 unspecified atom stereocenters. The Balaban J connectivity index is 1.56. The second-order valence-corrected chi connectivity index (χ2v) is 5.94. The molecule has 1 aromatic rings. The molecular weight excluding hydrogens is 254 g/mol. The third kappa shape index (κ3) is 2.66. The summed E-state index contributed by atoms with van der Waals surface area (Å²) < 4.78 is 5.60. The van der Waals surface area contributed by atoms with Crippen LogP contribution in [0.25, 0.3) is 0 Å². The van der Waals surface area contributed by atoms with E-state index in [1.54, 1.807) is 18.2 Å². The molecule has 3 rings (SSSR count). The number of phenols is 1. The molecule has 0 aromatic heterocycles. The van der Waals surface area contributed by atoms with E-state index in [4.69, 9.17) is 4.74 Å². The van der Waals surface area contributed by atoms with E-state index in [9.17, 15) is 9.90 Å². The highest BCUT2D eigenvalue weighted by Crippen LogP contribution is 2.35. The van der Waals surface area contributed by atoms with Crippen LogP contribution in [0, 0.1) is 0 Å². The fourth-order valence-corrected chi connectivity index (χ4v) is 3.50. The number of para-hydroxylation sites is 1. The lowest BCUT2D eigenvalue weighted by molar-refractivity contribution is -0.151. The van der Waals surface area contributed by atoms with Gasteiger partial charge < -0.3 is 14.7 Å². The van der Waals surface area contributed by atoms with Crippen molar-refractivity contribution in [2.75, 3.05) is 7.05 Å². The fourth-order valence-electron chi connectivity index (χ4n) is 3.50. The number of rotatable bonds is 3. The SMILES string of the molecule is CN1C2CCC1CC(OC(=O)Cc1ccccc1O)C2. The lowest BCUT2D eigenvalue weighted by Crippen LogP contribution is -2.43. The van der Waals surface area contributed by atoms with E-state index < -0.39 is 0 Å². The summed E-state index contributed by atoms with van der Waals surface area (Å²) in [5.41, 5.74) is 0.633. The molecule has 0 saturated carbocycles. The van der Waals surface area contributed by atoms with Gasteiger partial charge in [-0.1, -0.05) is 18.2 Å². The van der Waals surface area contributed by atoms with Crippen molar-refractivity contribution in [3.05, 3.63) is 29.8 Å². The van der Waals surface area contributed by atoms with E-state index in [0.29, 0.717) is 17.6 Å². The minimum Gasteiger partial charge on any atom is -0.508 e. The van der Waals surface area contributed by atoms with Gasteiger partial charge in [0.1, 0.15) is 11.9 Å². The average molecular weight is 275 g/mol. The molecule has 0 aliphatic carbocycles. The monoisotopic (exact) mass is 275 g/mol. The van der Waals surface area contributed by atoms with Crippen molar-refractivity contribution in [3.8, 4) is 5.75 Å². The van der Waals surface area contributed by atoms with Crippen molar-refractivity contribution in [1.82, 2.24) is 4.90 Å². The highest BCUT2D eigenvalue weighted by molar-refractivity contribution is 5.73. The Hall–Kier alpha value is -1.55. The predicted octanol–water partition coefficient (Wildman–Crippen LogP) is 2.10. The number of piperidine rings is 1. The van der Waals surface area contributed by atoms with Crippen LogP contribution in [0.4, 0.5) is 0 Å². The minimum atomic E-state index is -0.236. The van der Waals surface area contributed by atoms with Crippen LogP contribution in [0.3, 0.4) is 0 Å². The number of hydrogen-bond acceptors (Lipinski definition) is 4. The van der Waals surface area contributed by atoms with Crippen LogP contribution < -0.4 is 0 Å². The molecule has 2 aliphatic rings. The Kier molecular flexibility index (Phi) is 3.66. The van der Waals surface area contributed by atoms with Crippen molar-refractivity contribution in [1.29, 1.82) is 0 Å². The first-order valence-corrected chi connectivity index (χ1v) is 7.32. The Morgan fingerprint density at radius 1 is 1.30 bits per heavy atom. The summed E-state index contributed by atoms with van der Waals surface area (Å²) >= 11 is 0. The van der Waals surface area contributed by atoms with Gasteiger partial charge in [0.15, 0.2) is 0 Å². The maximum atomic E-state index is 12.0. The number of fused-ring (bicyclic) bond motifs is 2. The van der Waals surface area contributed by atoms with Gasteiger partial charge in [0.2, 0.25) is 0 Å². The molecule has 2 aliphatic heterocycles. The molecule has 2 heterocycles. The Bertz CT molecular complexity index is 488. The molecule has 1 N–H and O–H groups in total. The summed E-state index contributed by atoms with van der Waals surface area (Å²) in [7, 11) is 2.17. The number of nitrogens with zero attached hydrogens (tertiary/aromatic N) is 1. The minimum absolute atomic E-state index is 0.0436. The highest BCUT2D eigenvalue weighted by Gasteiger charge is 2.39. The lowest BCUT2D eigenvalue weighted by atomic mass is 10.0. The van der Waals surface area contributed by atoms with Gasteiger partial charge >= 0.3 is 5.97 Å². The van der Waals surface area contributed by atoms with Crippen LogP contribution in [0.15, 0.2) is 24.3 Å². The number of benzene rings is 1. The van der Waals surface area contributed by atoms with Crippen LogP contribution in [0.5, 0.6) is 5.75 Å². The van der Waals surface area contributed by atoms with Crippen molar-refractivity contribution in [3.63, 3.8) is 0 Å². The normalized spacial score (nSPS) is 29.4. The largest absolute Gasteiger partial charge is 0.508 e. The van der Waals surface area contributed by atoms with E-state index >= 15 is 0 Å². The van der Waals surface area contributed by atoms with E-state index in [1.165, 1.54) is 12.8 Å². The number of aromatic hydroxyl groups is 1. The average Bonchev–Trinajstić information content (AvgIpc) is 2.63. The molecular formula is C16H21NO3. The van der Waals surface area contributed by atoms with Crippen LogP contribution in [-0.2, 0) is 16.0 Å². The number of esters is 1. The number of hydrogen-bond donors (Lipinski definition) is 1. The maximum absolute atomic E-state index is 12.0. The zero-order chi connectivity index (χ0) is 14.1. The van der Waals surface area contributed by atoms with Gasteiger partial charge in [-0.15, -0.1) is 0 Å². The van der Waals surface area contributed by atoms with Gasteiger partial charge in [-0.05, 0) is 38.8 Å². The van der Waals surface area contributed by atoms with Gasteiger partial charge in [0.25, 0.3) is 0 Å². The molecule has 1 aromatic carbocycles. The summed E-state index contributed by atoms with van der Waals surface area (Å²) in [5.74, 6) is -0.0756. The molecule has 0 spiro atoms. The first-order chi connectivity index (χ1) is 9.63. The molecule has 0 radical (unpaired) electrons. The number of phenolic OH excluding ortho intramolecular Hbond substituents is 1. The van der Waals surface area contributed by atoms with Crippen molar-refractivity contribution < 1.29 is 14.6 Å². The molecule has 4 heteroatoms. The molecule has 4 nitrogen and oxygen atoms in total. The second-order valence-electron chi connectivity index (χ2n) is 5.94. The Labute approximate surface area is 119 Å². The summed E-state index contributed by atoms with van der Waals surface area (Å²) in [4.78, 5) is 14.4. The van der Waals surface area contributed by atoms with Crippen molar-refractivity contribution in [2.24, 2.45) is 0 Å². The zero-order valence-corrected chi connectivity index (χ0v) is 11.8. The molecule has 2 saturated heterocycles. The third-order valence-corrected chi connectivity index (χ3v) is 4.68. The number of carbonyl (C=O) groups is 1. The summed E-state index contributed by atoms with van der Waals surface area (Å²) in [6.07, 6.45) is 4.51. The van der Waals surface area contributed by atoms with E-state index in [1.807, 2.05) is 6.07 Å².